The van der Waals surface area contributed by atoms with Crippen LogP contribution in [-0.2, 0) is 10.8 Å². The second-order valence-corrected chi connectivity index (χ2v) is 6.67. The third-order valence-electron chi connectivity index (χ3n) is 3.55. The van der Waals surface area contributed by atoms with Crippen LogP contribution in [0.5, 0.6) is 5.75 Å². The topological polar surface area (TPSA) is 38.3 Å². The summed E-state index contributed by atoms with van der Waals surface area (Å²) in [6.45, 7) is 2.00. The first-order valence-corrected chi connectivity index (χ1v) is 8.15. The summed E-state index contributed by atoms with van der Waals surface area (Å²) in [5.74, 6) is 0.730. The molecule has 1 N–H and O–H groups in total. The van der Waals surface area contributed by atoms with Gasteiger partial charge in [-0.25, -0.2) is 0 Å². The summed E-state index contributed by atoms with van der Waals surface area (Å²) in [4.78, 5) is 0.790. The van der Waals surface area contributed by atoms with E-state index in [1.54, 1.807) is 7.11 Å². The number of nitrogens with one attached hydrogen (secondary N) is 1. The van der Waals surface area contributed by atoms with Gasteiger partial charge in [-0.1, -0.05) is 36.4 Å². The highest BCUT2D eigenvalue weighted by atomic mass is 32.2. The van der Waals surface area contributed by atoms with Crippen LogP contribution in [0.15, 0.2) is 59.5 Å². The van der Waals surface area contributed by atoms with Crippen LogP contribution >= 0.6 is 0 Å². The molecule has 0 heterocycles. The minimum atomic E-state index is -1.11. The van der Waals surface area contributed by atoms with E-state index in [0.29, 0.717) is 0 Å². The number of hydrogen-bond acceptors (Lipinski definition) is 3. The van der Waals surface area contributed by atoms with E-state index in [2.05, 4.69) is 17.4 Å². The lowest BCUT2D eigenvalue weighted by atomic mass is 10.0. The summed E-state index contributed by atoms with van der Waals surface area (Å²) in [5, 5.41) is 3.22. The van der Waals surface area contributed by atoms with Crippen LogP contribution in [-0.4, -0.2) is 23.6 Å². The molecule has 3 unspecified atom stereocenters. The monoisotopic (exact) mass is 303 g/mol. The SMILES string of the molecule is CNC(c1ccccc1)C(C)S(=O)c1cccc(OC)c1. The lowest BCUT2D eigenvalue weighted by molar-refractivity contribution is 0.413. The van der Waals surface area contributed by atoms with Crippen LogP contribution in [0.4, 0.5) is 0 Å². The van der Waals surface area contributed by atoms with Crippen LogP contribution < -0.4 is 10.1 Å². The zero-order chi connectivity index (χ0) is 15.2. The van der Waals surface area contributed by atoms with Gasteiger partial charge < -0.3 is 10.1 Å². The van der Waals surface area contributed by atoms with Crippen molar-refractivity contribution < 1.29 is 8.95 Å². The van der Waals surface area contributed by atoms with Crippen molar-refractivity contribution in [1.29, 1.82) is 0 Å². The number of benzene rings is 2. The van der Waals surface area contributed by atoms with Gasteiger partial charge >= 0.3 is 0 Å². The Kier molecular flexibility index (Phi) is 5.53. The molecule has 0 saturated carbocycles. The Hall–Kier alpha value is -1.65. The first-order valence-electron chi connectivity index (χ1n) is 6.94. The molecule has 0 saturated heterocycles. The lowest BCUT2D eigenvalue weighted by Gasteiger charge is -2.23. The van der Waals surface area contributed by atoms with E-state index in [1.165, 1.54) is 0 Å². The van der Waals surface area contributed by atoms with Crippen molar-refractivity contribution >= 4 is 10.8 Å². The number of hydrogen-bond donors (Lipinski definition) is 1. The maximum Gasteiger partial charge on any atom is 0.120 e. The Morgan fingerprint density at radius 3 is 2.43 bits per heavy atom. The highest BCUT2D eigenvalue weighted by Crippen LogP contribution is 2.25. The molecule has 0 radical (unpaired) electrons. The van der Waals surface area contributed by atoms with Crippen molar-refractivity contribution in [2.24, 2.45) is 0 Å². The molecule has 0 amide bonds. The molecule has 0 bridgehead atoms. The van der Waals surface area contributed by atoms with Gasteiger partial charge in [0, 0.05) is 10.9 Å². The normalized spacial score (nSPS) is 15.2. The van der Waals surface area contributed by atoms with E-state index in [0.717, 1.165) is 16.2 Å². The predicted molar refractivity (Wildman–Crippen MR) is 87.1 cm³/mol. The van der Waals surface area contributed by atoms with Gasteiger partial charge in [-0.3, -0.25) is 4.21 Å². The number of methoxy groups -OCH3 is 1. The second kappa shape index (κ2) is 7.38. The first-order chi connectivity index (χ1) is 10.2. The van der Waals surface area contributed by atoms with Gasteiger partial charge in [-0.05, 0) is 37.7 Å². The molecule has 0 aliphatic heterocycles. The van der Waals surface area contributed by atoms with Crippen molar-refractivity contribution in [2.75, 3.05) is 14.2 Å². The average Bonchev–Trinajstić information content (AvgIpc) is 2.55. The Morgan fingerprint density at radius 1 is 1.10 bits per heavy atom. The second-order valence-electron chi connectivity index (χ2n) is 4.86. The van der Waals surface area contributed by atoms with Crippen molar-refractivity contribution in [3.8, 4) is 5.75 Å². The third-order valence-corrected chi connectivity index (χ3v) is 5.22. The maximum atomic E-state index is 12.8. The third kappa shape index (κ3) is 3.71. The van der Waals surface area contributed by atoms with Crippen LogP contribution in [0, 0.1) is 0 Å². The smallest absolute Gasteiger partial charge is 0.120 e. The molecule has 112 valence electrons. The quantitative estimate of drug-likeness (QED) is 0.891. The molecule has 0 spiro atoms. The van der Waals surface area contributed by atoms with E-state index < -0.39 is 10.8 Å². The molecule has 0 aliphatic rings. The highest BCUT2D eigenvalue weighted by Gasteiger charge is 2.24. The predicted octanol–water partition coefficient (Wildman–Crippen LogP) is 3.15. The van der Waals surface area contributed by atoms with E-state index in [-0.39, 0.29) is 11.3 Å². The molecule has 2 aromatic carbocycles. The highest BCUT2D eigenvalue weighted by molar-refractivity contribution is 7.85. The van der Waals surface area contributed by atoms with E-state index in [1.807, 2.05) is 56.4 Å². The number of rotatable bonds is 6. The molecule has 2 rings (SSSR count). The fraction of sp³-hybridized carbons (Fsp3) is 0.294. The Morgan fingerprint density at radius 2 is 1.81 bits per heavy atom. The van der Waals surface area contributed by atoms with Gasteiger partial charge in [0.05, 0.1) is 23.2 Å². The van der Waals surface area contributed by atoms with Gasteiger partial charge in [0.2, 0.25) is 0 Å². The molecule has 3 nitrogen and oxygen atoms in total. The van der Waals surface area contributed by atoms with Crippen LogP contribution in [0.2, 0.25) is 0 Å². The van der Waals surface area contributed by atoms with Gasteiger partial charge in [0.15, 0.2) is 0 Å². The Balaban J connectivity index is 2.24. The average molecular weight is 303 g/mol. The molecule has 2 aromatic rings. The maximum absolute atomic E-state index is 12.8. The molecule has 21 heavy (non-hydrogen) atoms. The Bertz CT molecular complexity index is 601. The van der Waals surface area contributed by atoms with Gasteiger partial charge in [-0.15, -0.1) is 0 Å². The van der Waals surface area contributed by atoms with Crippen molar-refractivity contribution in [2.45, 2.75) is 23.1 Å². The fourth-order valence-corrected chi connectivity index (χ4v) is 3.81. The lowest BCUT2D eigenvalue weighted by Crippen LogP contribution is -2.30. The Labute approximate surface area is 128 Å². The summed E-state index contributed by atoms with van der Waals surface area (Å²) in [7, 11) is 2.40. The fourth-order valence-electron chi connectivity index (χ4n) is 2.40. The minimum Gasteiger partial charge on any atom is -0.497 e. The van der Waals surface area contributed by atoms with Crippen molar-refractivity contribution in [3.05, 3.63) is 60.2 Å². The van der Waals surface area contributed by atoms with E-state index >= 15 is 0 Å². The van der Waals surface area contributed by atoms with Crippen LogP contribution in [0.25, 0.3) is 0 Å². The summed E-state index contributed by atoms with van der Waals surface area (Å²) >= 11 is 0. The van der Waals surface area contributed by atoms with E-state index in [4.69, 9.17) is 4.74 Å². The van der Waals surface area contributed by atoms with Crippen molar-refractivity contribution in [1.82, 2.24) is 5.32 Å². The molecular formula is C17H21NO2S. The van der Waals surface area contributed by atoms with Gasteiger partial charge in [-0.2, -0.15) is 0 Å². The number of ether oxygens (including phenoxy) is 1. The van der Waals surface area contributed by atoms with Gasteiger partial charge in [0.25, 0.3) is 0 Å². The molecule has 3 atom stereocenters. The standard InChI is InChI=1S/C17H21NO2S/c1-13(17(18-2)14-8-5-4-6-9-14)21(19)16-11-7-10-15(12-16)20-3/h4-13,17-18H,1-3H3. The van der Waals surface area contributed by atoms with Crippen LogP contribution in [0.1, 0.15) is 18.5 Å². The molecule has 0 fully saturated rings. The molecular weight excluding hydrogens is 282 g/mol. The van der Waals surface area contributed by atoms with E-state index in [9.17, 15) is 4.21 Å². The summed E-state index contributed by atoms with van der Waals surface area (Å²) in [6, 6.07) is 17.6. The molecule has 0 aromatic heterocycles. The first kappa shape index (κ1) is 15.7. The summed E-state index contributed by atoms with van der Waals surface area (Å²) < 4.78 is 18.0. The zero-order valence-corrected chi connectivity index (χ0v) is 13.4. The van der Waals surface area contributed by atoms with Crippen molar-refractivity contribution in [3.63, 3.8) is 0 Å². The van der Waals surface area contributed by atoms with Gasteiger partial charge in [0.1, 0.15) is 5.75 Å². The largest absolute Gasteiger partial charge is 0.497 e. The molecule has 4 heteroatoms. The molecule has 0 aliphatic carbocycles. The zero-order valence-electron chi connectivity index (χ0n) is 12.6. The van der Waals surface area contributed by atoms with Crippen LogP contribution in [0.3, 0.4) is 0 Å². The minimum absolute atomic E-state index is 0.0400. The summed E-state index contributed by atoms with van der Waals surface area (Å²) in [5.41, 5.74) is 1.14. The summed E-state index contributed by atoms with van der Waals surface area (Å²) in [6.07, 6.45) is 0.